The summed E-state index contributed by atoms with van der Waals surface area (Å²) in [5.74, 6) is -0.669. The molecular formula is C21H24O3. The minimum Gasteiger partial charge on any atom is -0.507 e. The van der Waals surface area contributed by atoms with Crippen LogP contribution in [0.2, 0.25) is 0 Å². The summed E-state index contributed by atoms with van der Waals surface area (Å²) in [6.07, 6.45) is 4.22. The molecule has 0 spiro atoms. The van der Waals surface area contributed by atoms with Crippen LogP contribution in [0.1, 0.15) is 36.1 Å². The largest absolute Gasteiger partial charge is 0.507 e. The maximum atomic E-state index is 11.9. The van der Waals surface area contributed by atoms with Gasteiger partial charge in [0.25, 0.3) is 0 Å². The summed E-state index contributed by atoms with van der Waals surface area (Å²) in [7, 11) is 0. The number of ketones is 1. The highest BCUT2D eigenvalue weighted by Crippen LogP contribution is 2.22. The van der Waals surface area contributed by atoms with Crippen molar-refractivity contribution in [2.24, 2.45) is 0 Å². The maximum Gasteiger partial charge on any atom is 0.182 e. The monoisotopic (exact) mass is 324 g/mol. The van der Waals surface area contributed by atoms with Gasteiger partial charge in [-0.05, 0) is 48.7 Å². The molecule has 0 heterocycles. The average molecular weight is 324 g/mol. The number of allylic oxidation sites excluding steroid dienone is 2. The molecule has 0 atom stereocenters. The fraction of sp³-hybridized carbons (Fsp3) is 0.190. The minimum absolute atomic E-state index is 0.0671. The topological polar surface area (TPSA) is 57.5 Å². The molecular weight excluding hydrogens is 300 g/mol. The number of rotatable bonds is 4. The van der Waals surface area contributed by atoms with E-state index in [1.165, 1.54) is 12.1 Å². The highest BCUT2D eigenvalue weighted by Gasteiger charge is 2.06. The van der Waals surface area contributed by atoms with Crippen LogP contribution < -0.4 is 0 Å². The van der Waals surface area contributed by atoms with Crippen LogP contribution in [0, 0.1) is 13.8 Å². The van der Waals surface area contributed by atoms with Gasteiger partial charge in [0.05, 0.1) is 5.56 Å². The predicted octanol–water partition coefficient (Wildman–Crippen LogP) is 5.22. The number of phenolic OH excluding ortho intramolecular Hbond substituents is 1. The number of hydrogen-bond acceptors (Lipinski definition) is 3. The number of hydrogen-bond donors (Lipinski definition) is 2. The van der Waals surface area contributed by atoms with Gasteiger partial charge in [-0.25, -0.2) is 0 Å². The Morgan fingerprint density at radius 3 is 2.33 bits per heavy atom. The lowest BCUT2D eigenvalue weighted by Crippen LogP contribution is -1.92. The summed E-state index contributed by atoms with van der Waals surface area (Å²) in [5, 5.41) is 19.6. The molecule has 2 aromatic carbocycles. The number of carbonyl (C=O) groups is 1. The van der Waals surface area contributed by atoms with Crippen LogP contribution in [-0.4, -0.2) is 16.0 Å². The Bertz CT molecular complexity index is 755. The smallest absolute Gasteiger partial charge is 0.182 e. The van der Waals surface area contributed by atoms with Gasteiger partial charge in [0.15, 0.2) is 5.78 Å². The van der Waals surface area contributed by atoms with Crippen molar-refractivity contribution in [1.82, 2.24) is 0 Å². The van der Waals surface area contributed by atoms with Crippen LogP contribution in [-0.2, 0) is 4.79 Å². The van der Waals surface area contributed by atoms with Gasteiger partial charge < -0.3 is 10.2 Å². The fourth-order valence-electron chi connectivity index (χ4n) is 2.08. The van der Waals surface area contributed by atoms with Gasteiger partial charge in [-0.2, -0.15) is 0 Å². The fourth-order valence-corrected chi connectivity index (χ4v) is 2.08. The van der Waals surface area contributed by atoms with Gasteiger partial charge in [0.2, 0.25) is 0 Å². The molecule has 0 aromatic heterocycles. The van der Waals surface area contributed by atoms with Crippen molar-refractivity contribution >= 4 is 17.6 Å². The zero-order chi connectivity index (χ0) is 18.1. The number of aliphatic hydroxyl groups is 1. The Hall–Kier alpha value is -2.81. The molecule has 0 saturated heterocycles. The summed E-state index contributed by atoms with van der Waals surface area (Å²) in [4.78, 5) is 11.9. The second-order valence-electron chi connectivity index (χ2n) is 5.07. The third-order valence-corrected chi connectivity index (χ3v) is 3.53. The molecule has 0 fully saturated rings. The van der Waals surface area contributed by atoms with Crippen molar-refractivity contribution in [1.29, 1.82) is 0 Å². The summed E-state index contributed by atoms with van der Waals surface area (Å²) in [6.45, 7) is 8.01. The van der Waals surface area contributed by atoms with E-state index in [0.29, 0.717) is 0 Å². The number of aromatic hydroxyl groups is 1. The van der Waals surface area contributed by atoms with E-state index in [1.807, 2.05) is 45.9 Å². The van der Waals surface area contributed by atoms with Gasteiger partial charge in [-0.3, -0.25) is 4.79 Å². The van der Waals surface area contributed by atoms with E-state index in [1.54, 1.807) is 24.3 Å². The molecule has 2 aromatic rings. The van der Waals surface area contributed by atoms with Crippen LogP contribution >= 0.6 is 0 Å². The molecule has 24 heavy (non-hydrogen) atoms. The molecule has 0 bridgehead atoms. The Morgan fingerprint density at radius 1 is 1.00 bits per heavy atom. The van der Waals surface area contributed by atoms with Crippen LogP contribution in [0.5, 0.6) is 5.75 Å². The Morgan fingerprint density at radius 2 is 1.67 bits per heavy atom. The van der Waals surface area contributed by atoms with Crippen LogP contribution in [0.15, 0.2) is 54.6 Å². The van der Waals surface area contributed by atoms with Crippen molar-refractivity contribution in [2.75, 3.05) is 0 Å². The average Bonchev–Trinajstić information content (AvgIpc) is 2.58. The van der Waals surface area contributed by atoms with Crippen LogP contribution in [0.25, 0.3) is 11.8 Å². The van der Waals surface area contributed by atoms with E-state index < -0.39 is 0 Å². The number of phenols is 1. The SMILES string of the molecule is CC.Cc1cccc(/C=C/C(=O)C=C(O)c2ccccc2O)c1C. The zero-order valence-electron chi connectivity index (χ0n) is 14.6. The first-order chi connectivity index (χ1) is 11.5. The van der Waals surface area contributed by atoms with Crippen molar-refractivity contribution in [3.8, 4) is 5.75 Å². The second-order valence-corrected chi connectivity index (χ2v) is 5.07. The van der Waals surface area contributed by atoms with Gasteiger partial charge in [-0.1, -0.05) is 50.3 Å². The van der Waals surface area contributed by atoms with E-state index in [2.05, 4.69) is 0 Å². The first-order valence-electron chi connectivity index (χ1n) is 7.96. The summed E-state index contributed by atoms with van der Waals surface area (Å²) < 4.78 is 0. The molecule has 2 rings (SSSR count). The lowest BCUT2D eigenvalue weighted by molar-refractivity contribution is -0.110. The van der Waals surface area contributed by atoms with Crippen LogP contribution in [0.3, 0.4) is 0 Å². The van der Waals surface area contributed by atoms with Crippen LogP contribution in [0.4, 0.5) is 0 Å². The van der Waals surface area contributed by atoms with Gasteiger partial charge >= 0.3 is 0 Å². The molecule has 0 unspecified atom stereocenters. The highest BCUT2D eigenvalue weighted by molar-refractivity contribution is 6.05. The molecule has 0 aliphatic rings. The summed E-state index contributed by atoms with van der Waals surface area (Å²) in [6, 6.07) is 12.2. The molecule has 3 heteroatoms. The summed E-state index contributed by atoms with van der Waals surface area (Å²) in [5.41, 5.74) is 3.46. The Kier molecular flexibility index (Phi) is 7.50. The normalized spacial score (nSPS) is 11.1. The predicted molar refractivity (Wildman–Crippen MR) is 100 cm³/mol. The van der Waals surface area contributed by atoms with E-state index in [0.717, 1.165) is 22.8 Å². The molecule has 0 amide bonds. The maximum absolute atomic E-state index is 11.9. The van der Waals surface area contributed by atoms with Crippen molar-refractivity contribution in [3.63, 3.8) is 0 Å². The second kappa shape index (κ2) is 9.36. The van der Waals surface area contributed by atoms with E-state index in [9.17, 15) is 15.0 Å². The Labute approximate surface area is 143 Å². The van der Waals surface area contributed by atoms with Crippen molar-refractivity contribution in [3.05, 3.63) is 76.9 Å². The Balaban J connectivity index is 0.00000139. The molecule has 2 N–H and O–H groups in total. The number of para-hydroxylation sites is 1. The molecule has 126 valence electrons. The molecule has 3 nitrogen and oxygen atoms in total. The minimum atomic E-state index is -0.346. The van der Waals surface area contributed by atoms with Crippen molar-refractivity contribution in [2.45, 2.75) is 27.7 Å². The number of carbonyl (C=O) groups excluding carboxylic acids is 1. The standard InChI is InChI=1S/C19H18O3.C2H6/c1-13-6-5-7-15(14(13)2)10-11-16(20)12-19(22)17-8-3-4-9-18(17)21;1-2/h3-12,21-22H,1-2H3;1-2H3/b11-10+,19-12?;. The van der Waals surface area contributed by atoms with Gasteiger partial charge in [-0.15, -0.1) is 0 Å². The van der Waals surface area contributed by atoms with E-state index in [-0.39, 0.29) is 22.9 Å². The third-order valence-electron chi connectivity index (χ3n) is 3.53. The lowest BCUT2D eigenvalue weighted by Gasteiger charge is -2.03. The quantitative estimate of drug-likeness (QED) is 0.599. The first-order valence-corrected chi connectivity index (χ1v) is 7.96. The lowest BCUT2D eigenvalue weighted by atomic mass is 10.0. The number of aryl methyl sites for hydroxylation is 1. The van der Waals surface area contributed by atoms with Gasteiger partial charge in [0, 0.05) is 6.08 Å². The zero-order valence-corrected chi connectivity index (χ0v) is 14.6. The first kappa shape index (κ1) is 19.2. The van der Waals surface area contributed by atoms with Crippen molar-refractivity contribution < 1.29 is 15.0 Å². The molecule has 0 saturated carbocycles. The number of aliphatic hydroxyl groups excluding tert-OH is 1. The number of benzene rings is 2. The summed E-state index contributed by atoms with van der Waals surface area (Å²) >= 11 is 0. The van der Waals surface area contributed by atoms with E-state index in [4.69, 9.17) is 0 Å². The highest BCUT2D eigenvalue weighted by atomic mass is 16.3. The molecule has 0 aliphatic carbocycles. The molecule has 0 aliphatic heterocycles. The van der Waals surface area contributed by atoms with Gasteiger partial charge in [0.1, 0.15) is 11.5 Å². The molecule has 0 radical (unpaired) electrons. The van der Waals surface area contributed by atoms with E-state index >= 15 is 0 Å². The third kappa shape index (κ3) is 5.13.